The number of hydrogen-bond acceptors (Lipinski definition) is 5. The Balaban J connectivity index is 1.74. The van der Waals surface area contributed by atoms with Crippen molar-refractivity contribution in [2.24, 2.45) is 7.05 Å². The summed E-state index contributed by atoms with van der Waals surface area (Å²) in [6, 6.07) is 16.7. The number of nitrogens with zero attached hydrogens (tertiary/aromatic N) is 3. The molecule has 0 fully saturated rings. The maximum atomic E-state index is 13.2. The summed E-state index contributed by atoms with van der Waals surface area (Å²) in [6.45, 7) is 2.69. The van der Waals surface area contributed by atoms with Gasteiger partial charge in [0.05, 0.1) is 11.8 Å². The van der Waals surface area contributed by atoms with E-state index in [9.17, 15) is 4.79 Å². The molecule has 0 saturated carbocycles. The first-order valence-corrected chi connectivity index (χ1v) is 11.9. The van der Waals surface area contributed by atoms with E-state index in [4.69, 9.17) is 0 Å². The van der Waals surface area contributed by atoms with Crippen LogP contribution in [-0.4, -0.2) is 11.6 Å². The molecule has 0 aliphatic carbocycles. The van der Waals surface area contributed by atoms with Crippen molar-refractivity contribution in [1.29, 1.82) is 0 Å². The smallest absolute Gasteiger partial charge is 0.271 e. The number of aryl methyl sites for hydroxylation is 1. The molecule has 4 nitrogen and oxygen atoms in total. The lowest BCUT2D eigenvalue weighted by Gasteiger charge is -2.11. The molecule has 146 valence electrons. The van der Waals surface area contributed by atoms with Gasteiger partial charge < -0.3 is 4.90 Å². The molecule has 0 saturated heterocycles. The Bertz CT molecular complexity index is 1430. The van der Waals surface area contributed by atoms with Gasteiger partial charge in [0.25, 0.3) is 10.6 Å². The largest absolute Gasteiger partial charge is 0.337 e. The molecule has 0 radical (unpaired) electrons. The van der Waals surface area contributed by atoms with Crippen molar-refractivity contribution in [3.8, 4) is 0 Å². The molecule has 2 aromatic carbocycles. The lowest BCUT2D eigenvalue weighted by Crippen LogP contribution is -2.34. The molecular weight excluding hydrogens is 418 g/mol. The van der Waals surface area contributed by atoms with E-state index in [1.165, 1.54) is 15.1 Å². The quantitative estimate of drug-likeness (QED) is 0.451. The summed E-state index contributed by atoms with van der Waals surface area (Å²) in [5.41, 5.74) is 2.46. The Morgan fingerprint density at radius 1 is 1.07 bits per heavy atom. The fraction of sp³-hybridized carbons (Fsp3) is 0.182. The highest BCUT2D eigenvalue weighted by atomic mass is 32.2. The molecule has 0 bridgehead atoms. The number of thioether (sulfide) groups is 1. The Kier molecular flexibility index (Phi) is 4.61. The molecule has 4 aromatic rings. The third-order valence-electron chi connectivity index (χ3n) is 5.18. The number of thiazole rings is 2. The Morgan fingerprint density at radius 2 is 1.83 bits per heavy atom. The van der Waals surface area contributed by atoms with Crippen LogP contribution in [0.4, 0.5) is 5.69 Å². The van der Waals surface area contributed by atoms with Crippen LogP contribution in [0.15, 0.2) is 58.2 Å². The summed E-state index contributed by atoms with van der Waals surface area (Å²) >= 11 is 5.02. The second-order valence-electron chi connectivity index (χ2n) is 6.86. The number of hydrogen-bond donors (Lipinski definition) is 0. The van der Waals surface area contributed by atoms with E-state index in [1.54, 1.807) is 34.4 Å². The first-order valence-electron chi connectivity index (χ1n) is 9.42. The Labute approximate surface area is 180 Å². The molecule has 5 rings (SSSR count). The van der Waals surface area contributed by atoms with Crippen LogP contribution in [0.2, 0.25) is 0 Å². The molecule has 3 heterocycles. The van der Waals surface area contributed by atoms with Gasteiger partial charge in [-0.2, -0.15) is 4.57 Å². The molecule has 0 spiro atoms. The van der Waals surface area contributed by atoms with Crippen molar-refractivity contribution in [2.75, 3.05) is 11.9 Å². The van der Waals surface area contributed by atoms with Crippen molar-refractivity contribution in [2.45, 2.75) is 18.4 Å². The van der Waals surface area contributed by atoms with Gasteiger partial charge in [-0.1, -0.05) is 47.4 Å². The normalized spacial score (nSPS) is 16.1. The second-order valence-corrected chi connectivity index (χ2v) is 9.99. The minimum atomic E-state index is 0.0923. The van der Waals surface area contributed by atoms with Crippen LogP contribution >= 0.6 is 34.4 Å². The SMILES string of the molecule is CCn1c(=O)/c(=C2\Sc3ccccc3N2C)s/c1=C\c1sc2ccccc2[n+]1C. The Morgan fingerprint density at radius 3 is 2.59 bits per heavy atom. The van der Waals surface area contributed by atoms with E-state index in [-0.39, 0.29) is 5.56 Å². The number of fused-ring (bicyclic) bond motifs is 2. The molecule has 0 unspecified atom stereocenters. The van der Waals surface area contributed by atoms with Gasteiger partial charge in [-0.3, -0.25) is 9.36 Å². The summed E-state index contributed by atoms with van der Waals surface area (Å²) in [5, 5.41) is 2.16. The minimum Gasteiger partial charge on any atom is -0.337 e. The molecule has 1 aliphatic rings. The lowest BCUT2D eigenvalue weighted by atomic mass is 10.3. The van der Waals surface area contributed by atoms with Crippen LogP contribution < -0.4 is 24.2 Å². The van der Waals surface area contributed by atoms with Crippen LogP contribution in [0.5, 0.6) is 0 Å². The van der Waals surface area contributed by atoms with Gasteiger partial charge in [0.1, 0.15) is 26.0 Å². The molecule has 0 amide bonds. The van der Waals surface area contributed by atoms with E-state index >= 15 is 0 Å². The molecule has 2 aromatic heterocycles. The average Bonchev–Trinajstić information content (AvgIpc) is 3.34. The highest BCUT2D eigenvalue weighted by Gasteiger charge is 2.24. The van der Waals surface area contributed by atoms with Crippen molar-refractivity contribution in [3.05, 3.63) is 73.1 Å². The molecule has 0 atom stereocenters. The molecule has 1 aliphatic heterocycles. The van der Waals surface area contributed by atoms with Gasteiger partial charge in [0.2, 0.25) is 5.52 Å². The molecule has 0 N–H and O–H groups in total. The zero-order valence-corrected chi connectivity index (χ0v) is 18.8. The summed E-state index contributed by atoms with van der Waals surface area (Å²) in [4.78, 5) is 16.6. The monoisotopic (exact) mass is 438 g/mol. The maximum absolute atomic E-state index is 13.2. The van der Waals surface area contributed by atoms with Crippen molar-refractivity contribution in [1.82, 2.24) is 4.57 Å². The lowest BCUT2D eigenvalue weighted by molar-refractivity contribution is -0.642. The van der Waals surface area contributed by atoms with Crippen LogP contribution in [0, 0.1) is 0 Å². The Hall–Kier alpha value is -2.35. The highest BCUT2D eigenvalue weighted by Crippen LogP contribution is 2.44. The summed E-state index contributed by atoms with van der Waals surface area (Å²) in [7, 11) is 4.12. The minimum absolute atomic E-state index is 0.0923. The van der Waals surface area contributed by atoms with Crippen LogP contribution in [0.3, 0.4) is 0 Å². The number of para-hydroxylation sites is 2. The zero-order chi connectivity index (χ0) is 20.1. The molecule has 7 heteroatoms. The summed E-state index contributed by atoms with van der Waals surface area (Å²) in [6.07, 6.45) is 2.15. The van der Waals surface area contributed by atoms with Gasteiger partial charge in [0.15, 0.2) is 0 Å². The van der Waals surface area contributed by atoms with E-state index < -0.39 is 0 Å². The van der Waals surface area contributed by atoms with Gasteiger partial charge in [-0.25, -0.2) is 0 Å². The number of benzene rings is 2. The number of rotatable bonds is 2. The van der Waals surface area contributed by atoms with E-state index in [0.717, 1.165) is 24.9 Å². The zero-order valence-electron chi connectivity index (χ0n) is 16.4. The van der Waals surface area contributed by atoms with E-state index in [2.05, 4.69) is 59.0 Å². The predicted molar refractivity (Wildman–Crippen MR) is 124 cm³/mol. The average molecular weight is 439 g/mol. The molecular formula is C22H20N3OS3+. The highest BCUT2D eigenvalue weighted by molar-refractivity contribution is 8.08. The number of anilines is 1. The molecule has 29 heavy (non-hydrogen) atoms. The van der Waals surface area contributed by atoms with E-state index in [1.807, 2.05) is 30.7 Å². The topological polar surface area (TPSA) is 29.1 Å². The van der Waals surface area contributed by atoms with Crippen molar-refractivity contribution >= 4 is 61.4 Å². The van der Waals surface area contributed by atoms with Crippen molar-refractivity contribution < 1.29 is 4.57 Å². The third kappa shape index (κ3) is 2.96. The van der Waals surface area contributed by atoms with Gasteiger partial charge in [-0.15, -0.1) is 11.3 Å². The van der Waals surface area contributed by atoms with Crippen LogP contribution in [-0.2, 0) is 13.6 Å². The first-order chi connectivity index (χ1) is 14.1. The summed E-state index contributed by atoms with van der Waals surface area (Å²) < 4.78 is 7.13. The van der Waals surface area contributed by atoms with Gasteiger partial charge in [-0.05, 0) is 25.1 Å². The maximum Gasteiger partial charge on any atom is 0.271 e. The second kappa shape index (κ2) is 7.16. The predicted octanol–water partition coefficient (Wildman–Crippen LogP) is 3.11. The fourth-order valence-corrected chi connectivity index (χ4v) is 7.24. The van der Waals surface area contributed by atoms with E-state index in [0.29, 0.717) is 6.54 Å². The summed E-state index contributed by atoms with van der Waals surface area (Å²) in [5.74, 6) is 0. The van der Waals surface area contributed by atoms with Crippen molar-refractivity contribution in [3.63, 3.8) is 0 Å². The number of aromatic nitrogens is 2. The fourth-order valence-electron chi connectivity index (χ4n) is 3.62. The van der Waals surface area contributed by atoms with Gasteiger partial charge in [0, 0.05) is 24.6 Å². The standard InChI is InChI=1S/C22H20N3OS3/c1-4-25-19(13-18-23(2)14-9-5-7-11-16(14)27-18)29-20(21(25)26)22-24(3)15-10-6-8-12-17(15)28-22/h5-13H,4H2,1-3H3/q+1/b22-20+. The third-order valence-corrected chi connectivity index (χ3v) is 8.83. The van der Waals surface area contributed by atoms with Gasteiger partial charge >= 0.3 is 0 Å². The van der Waals surface area contributed by atoms with Crippen LogP contribution in [0.25, 0.3) is 21.3 Å². The van der Waals surface area contributed by atoms with Crippen LogP contribution in [0.1, 0.15) is 11.9 Å². The first kappa shape index (κ1) is 18.7.